The lowest BCUT2D eigenvalue weighted by Gasteiger charge is -2.30. The van der Waals surface area contributed by atoms with E-state index in [0.29, 0.717) is 23.9 Å². The summed E-state index contributed by atoms with van der Waals surface area (Å²) in [7, 11) is 1.33. The SMILES string of the molecule is CCCCCCC/C=C\C/C=C\CCCCCCCCCCCCCCCCCCCCCCCCCCCCCC(=O)NC(COP(=O)([O-])OCC[N+](C)(C)C)C(O)CCCCCCCCCCCCCCCCCCCCCCCCCCCCCCC. The number of hydrogen-bond acceptors (Lipinski definition) is 6. The second-order valence-electron chi connectivity index (χ2n) is 29.5. The molecule has 1 amide bonds. The summed E-state index contributed by atoms with van der Waals surface area (Å²) < 4.78 is 23.6. The van der Waals surface area contributed by atoms with E-state index in [2.05, 4.69) is 43.5 Å². The van der Waals surface area contributed by atoms with E-state index in [0.717, 1.165) is 44.9 Å². The Balaban J connectivity index is 3.88. The first-order valence-corrected chi connectivity index (χ1v) is 42.1. The standard InChI is InChI=1S/C81H161N2O6P/c1-6-8-10-12-14-16-18-20-22-24-26-28-30-32-34-36-37-38-39-40-41-42-43-44-45-47-49-51-53-55-57-59-61-63-65-67-69-71-73-75-81(85)82-79(78-89-90(86,87)88-77-76-83(3,4)5)80(84)74-72-70-68-66-64-62-60-58-56-54-52-50-48-46-35-33-31-29-27-25-23-21-19-17-15-13-11-9-7-2/h18,20,24,26,79-80,84H,6-17,19,21-23,25,27-78H2,1-5H3,(H-,82,85,86,87)/b20-18-,26-24-. The second-order valence-corrected chi connectivity index (χ2v) is 30.9. The largest absolute Gasteiger partial charge is 0.756 e. The Kier molecular flexibility index (Phi) is 71.4. The minimum absolute atomic E-state index is 0.0159. The van der Waals surface area contributed by atoms with Gasteiger partial charge >= 0.3 is 0 Å². The summed E-state index contributed by atoms with van der Waals surface area (Å²) in [5.41, 5.74) is 0. The summed E-state index contributed by atoms with van der Waals surface area (Å²) in [6, 6.07) is -0.800. The van der Waals surface area contributed by atoms with E-state index in [-0.39, 0.29) is 19.1 Å². The van der Waals surface area contributed by atoms with E-state index >= 15 is 0 Å². The van der Waals surface area contributed by atoms with E-state index in [9.17, 15) is 19.4 Å². The molecule has 0 heterocycles. The summed E-state index contributed by atoms with van der Waals surface area (Å²) >= 11 is 0. The lowest BCUT2D eigenvalue weighted by atomic mass is 10.0. The molecule has 536 valence electrons. The van der Waals surface area contributed by atoms with Crippen LogP contribution in [0.2, 0.25) is 0 Å². The Labute approximate surface area is 564 Å². The number of carbonyl (C=O) groups excluding carboxylic acids is 1. The molecule has 90 heavy (non-hydrogen) atoms. The van der Waals surface area contributed by atoms with Gasteiger partial charge in [-0.2, -0.15) is 0 Å². The van der Waals surface area contributed by atoms with Crippen LogP contribution in [0.4, 0.5) is 0 Å². The Morgan fingerprint density at radius 2 is 0.644 bits per heavy atom. The van der Waals surface area contributed by atoms with Crippen molar-refractivity contribution in [3.05, 3.63) is 24.3 Å². The summed E-state index contributed by atoms with van der Waals surface area (Å²) in [6.07, 6.45) is 96.0. The number of phosphoric ester groups is 1. The molecule has 0 fully saturated rings. The Bertz CT molecular complexity index is 1520. The predicted octanol–water partition coefficient (Wildman–Crippen LogP) is 25.9. The number of rotatable bonds is 77. The van der Waals surface area contributed by atoms with E-state index in [1.807, 2.05) is 21.1 Å². The third-order valence-electron chi connectivity index (χ3n) is 19.2. The molecule has 0 rings (SSSR count). The van der Waals surface area contributed by atoms with E-state index in [1.165, 1.54) is 366 Å². The number of aliphatic hydroxyl groups excluding tert-OH is 1. The Morgan fingerprint density at radius 3 is 0.922 bits per heavy atom. The fourth-order valence-corrected chi connectivity index (χ4v) is 13.6. The molecule has 0 aliphatic rings. The fourth-order valence-electron chi connectivity index (χ4n) is 12.9. The molecule has 3 atom stereocenters. The number of aliphatic hydroxyl groups is 1. The van der Waals surface area contributed by atoms with Gasteiger partial charge in [-0.3, -0.25) is 9.36 Å². The van der Waals surface area contributed by atoms with Crippen molar-refractivity contribution < 1.29 is 32.9 Å². The van der Waals surface area contributed by atoms with Gasteiger partial charge in [0.1, 0.15) is 13.2 Å². The maximum absolute atomic E-state index is 13.1. The van der Waals surface area contributed by atoms with Crippen molar-refractivity contribution in [2.45, 2.75) is 450 Å². The van der Waals surface area contributed by atoms with E-state index in [1.54, 1.807) is 0 Å². The van der Waals surface area contributed by atoms with Gasteiger partial charge in [-0.1, -0.05) is 411 Å². The molecule has 3 unspecified atom stereocenters. The van der Waals surface area contributed by atoms with E-state index < -0.39 is 20.0 Å². The second kappa shape index (κ2) is 72.3. The highest BCUT2D eigenvalue weighted by Gasteiger charge is 2.24. The van der Waals surface area contributed by atoms with Crippen LogP contribution in [0.25, 0.3) is 0 Å². The number of phosphoric acid groups is 1. The average Bonchev–Trinajstić information content (AvgIpc) is 3.72. The minimum Gasteiger partial charge on any atom is -0.756 e. The summed E-state index contributed by atoms with van der Waals surface area (Å²) in [5, 5.41) is 14.2. The zero-order valence-corrected chi connectivity index (χ0v) is 62.5. The number of quaternary nitrogens is 1. The van der Waals surface area contributed by atoms with Gasteiger partial charge in [0.15, 0.2) is 0 Å². The summed E-state index contributed by atoms with van der Waals surface area (Å²) in [4.78, 5) is 25.7. The number of carbonyl (C=O) groups is 1. The van der Waals surface area contributed by atoms with Crippen LogP contribution in [0, 0.1) is 0 Å². The molecule has 0 aliphatic carbocycles. The van der Waals surface area contributed by atoms with Gasteiger partial charge in [-0.05, 0) is 44.9 Å². The molecule has 0 spiro atoms. The van der Waals surface area contributed by atoms with Gasteiger partial charge in [-0.25, -0.2) is 0 Å². The van der Waals surface area contributed by atoms with Crippen LogP contribution in [0.15, 0.2) is 24.3 Å². The maximum Gasteiger partial charge on any atom is 0.268 e. The quantitative estimate of drug-likeness (QED) is 0.0272. The lowest BCUT2D eigenvalue weighted by Crippen LogP contribution is -2.46. The van der Waals surface area contributed by atoms with Gasteiger partial charge < -0.3 is 28.8 Å². The number of amides is 1. The van der Waals surface area contributed by atoms with Crippen molar-refractivity contribution in [1.82, 2.24) is 5.32 Å². The molecular formula is C81H161N2O6P. The molecule has 0 aromatic heterocycles. The highest BCUT2D eigenvalue weighted by molar-refractivity contribution is 7.45. The molecule has 9 heteroatoms. The number of hydrogen-bond donors (Lipinski definition) is 2. The van der Waals surface area contributed by atoms with Crippen molar-refractivity contribution in [3.63, 3.8) is 0 Å². The van der Waals surface area contributed by atoms with Gasteiger partial charge in [0.2, 0.25) is 5.91 Å². The zero-order chi connectivity index (χ0) is 65.5. The molecule has 8 nitrogen and oxygen atoms in total. The van der Waals surface area contributed by atoms with Crippen molar-refractivity contribution in [1.29, 1.82) is 0 Å². The van der Waals surface area contributed by atoms with Crippen LogP contribution in [0.3, 0.4) is 0 Å². The van der Waals surface area contributed by atoms with Crippen LogP contribution < -0.4 is 10.2 Å². The Hall–Kier alpha value is -1.02. The number of nitrogens with one attached hydrogen (secondary N) is 1. The van der Waals surface area contributed by atoms with Crippen LogP contribution >= 0.6 is 7.82 Å². The average molecular weight is 1290 g/mol. The first kappa shape index (κ1) is 89.0. The fraction of sp³-hybridized carbons (Fsp3) is 0.938. The molecule has 0 radical (unpaired) electrons. The van der Waals surface area contributed by atoms with Gasteiger partial charge in [0, 0.05) is 6.42 Å². The minimum atomic E-state index is -4.58. The van der Waals surface area contributed by atoms with E-state index in [4.69, 9.17) is 9.05 Å². The molecule has 0 aromatic carbocycles. The van der Waals surface area contributed by atoms with Gasteiger partial charge in [0.25, 0.3) is 7.82 Å². The van der Waals surface area contributed by atoms with Gasteiger partial charge in [0.05, 0.1) is 39.9 Å². The molecule has 0 saturated heterocycles. The summed E-state index contributed by atoms with van der Waals surface area (Å²) in [5.74, 6) is -0.153. The molecule has 0 aliphatic heterocycles. The zero-order valence-electron chi connectivity index (χ0n) is 61.6. The van der Waals surface area contributed by atoms with Crippen molar-refractivity contribution in [2.24, 2.45) is 0 Å². The van der Waals surface area contributed by atoms with Crippen molar-refractivity contribution >= 4 is 13.7 Å². The highest BCUT2D eigenvalue weighted by Crippen LogP contribution is 2.38. The Morgan fingerprint density at radius 1 is 0.389 bits per heavy atom. The number of unbranched alkanes of at least 4 members (excludes halogenated alkanes) is 60. The molecule has 0 aromatic rings. The maximum atomic E-state index is 13.1. The predicted molar refractivity (Wildman–Crippen MR) is 395 cm³/mol. The molecule has 0 saturated carbocycles. The monoisotopic (exact) mass is 1290 g/mol. The van der Waals surface area contributed by atoms with Crippen LogP contribution in [0.1, 0.15) is 438 Å². The number of nitrogens with zero attached hydrogens (tertiary/aromatic N) is 1. The first-order chi connectivity index (χ1) is 44.0. The third kappa shape index (κ3) is 74.4. The molecule has 2 N–H and O–H groups in total. The smallest absolute Gasteiger partial charge is 0.268 e. The lowest BCUT2D eigenvalue weighted by molar-refractivity contribution is -0.870. The molecule has 0 bridgehead atoms. The normalized spacial score (nSPS) is 13.5. The third-order valence-corrected chi connectivity index (χ3v) is 20.2. The van der Waals surface area contributed by atoms with Gasteiger partial charge in [-0.15, -0.1) is 0 Å². The van der Waals surface area contributed by atoms with Crippen molar-refractivity contribution in [3.8, 4) is 0 Å². The van der Waals surface area contributed by atoms with Crippen molar-refractivity contribution in [2.75, 3.05) is 40.9 Å². The highest BCUT2D eigenvalue weighted by atomic mass is 31.2. The topological polar surface area (TPSA) is 108 Å². The number of likely N-dealkylation sites (N-methyl/N-ethyl adjacent to an activating group) is 1. The number of allylic oxidation sites excluding steroid dienone is 4. The first-order valence-electron chi connectivity index (χ1n) is 40.7. The van der Waals surface area contributed by atoms with Crippen LogP contribution in [-0.4, -0.2) is 68.5 Å². The molecular weight excluding hydrogens is 1130 g/mol. The summed E-state index contributed by atoms with van der Waals surface area (Å²) in [6.45, 7) is 4.79. The van der Waals surface area contributed by atoms with Crippen LogP contribution in [0.5, 0.6) is 0 Å². The van der Waals surface area contributed by atoms with Crippen LogP contribution in [-0.2, 0) is 18.4 Å².